The van der Waals surface area contributed by atoms with Gasteiger partial charge in [-0.3, -0.25) is 24.1 Å². The Hall–Kier alpha value is -2.30. The summed E-state index contributed by atoms with van der Waals surface area (Å²) in [6.45, 7) is 4.02. The Morgan fingerprint density at radius 3 is 2.36 bits per heavy atom. The van der Waals surface area contributed by atoms with Gasteiger partial charge in [-0.2, -0.15) is 0 Å². The molecule has 2 aliphatic rings. The fourth-order valence-corrected chi connectivity index (χ4v) is 3.05. The van der Waals surface area contributed by atoms with E-state index in [-0.39, 0.29) is 36.7 Å². The molecule has 114 valence electrons. The van der Waals surface area contributed by atoms with Crippen LogP contribution in [0.2, 0.25) is 0 Å². The molecule has 22 heavy (non-hydrogen) atoms. The topological polar surface area (TPSA) is 71.5 Å². The number of fused-ring (bicyclic) bond motifs is 1. The summed E-state index contributed by atoms with van der Waals surface area (Å²) in [7, 11) is 0. The maximum absolute atomic E-state index is 12.6. The van der Waals surface area contributed by atoms with Crippen LogP contribution in [-0.4, -0.2) is 34.3 Å². The van der Waals surface area contributed by atoms with Crippen LogP contribution in [0.3, 0.4) is 0 Å². The van der Waals surface area contributed by atoms with E-state index >= 15 is 0 Å². The lowest BCUT2D eigenvalue weighted by molar-refractivity contribution is -0.132. The van der Waals surface area contributed by atoms with Crippen molar-refractivity contribution in [2.75, 3.05) is 0 Å². The van der Waals surface area contributed by atoms with Crippen LogP contribution in [0.4, 0.5) is 0 Å². The number of ketones is 2. The molecule has 0 saturated heterocycles. The van der Waals surface area contributed by atoms with E-state index in [0.29, 0.717) is 11.1 Å². The summed E-state index contributed by atoms with van der Waals surface area (Å²) in [4.78, 5) is 49.5. The molecule has 1 aliphatic carbocycles. The number of hydrogen-bond acceptors (Lipinski definition) is 4. The SMILES string of the molecule is CC(C)c1ccc2c(c1)C(=O)N(C1CCC(=O)CC1=O)C2=O. The summed E-state index contributed by atoms with van der Waals surface area (Å²) >= 11 is 0. The first-order chi connectivity index (χ1) is 10.4. The van der Waals surface area contributed by atoms with Crippen LogP contribution in [0.5, 0.6) is 0 Å². The smallest absolute Gasteiger partial charge is 0.262 e. The molecule has 0 radical (unpaired) electrons. The number of nitrogens with zero attached hydrogens (tertiary/aromatic N) is 1. The minimum atomic E-state index is -0.799. The molecule has 1 aliphatic heterocycles. The third kappa shape index (κ3) is 2.17. The first-order valence-electron chi connectivity index (χ1n) is 7.46. The molecule has 1 unspecified atom stereocenters. The van der Waals surface area contributed by atoms with Gasteiger partial charge in [0.25, 0.3) is 11.8 Å². The monoisotopic (exact) mass is 299 g/mol. The lowest BCUT2D eigenvalue weighted by Crippen LogP contribution is -2.47. The fraction of sp³-hybridized carbons (Fsp3) is 0.412. The third-order valence-corrected chi connectivity index (χ3v) is 4.36. The van der Waals surface area contributed by atoms with Gasteiger partial charge in [-0.05, 0) is 30.0 Å². The zero-order valence-electron chi connectivity index (χ0n) is 12.6. The van der Waals surface area contributed by atoms with Gasteiger partial charge in [-0.15, -0.1) is 0 Å². The van der Waals surface area contributed by atoms with Crippen LogP contribution in [0.15, 0.2) is 18.2 Å². The van der Waals surface area contributed by atoms with Crippen LogP contribution in [-0.2, 0) is 9.59 Å². The highest BCUT2D eigenvalue weighted by Crippen LogP contribution is 2.30. The average Bonchev–Trinajstić information content (AvgIpc) is 2.71. The van der Waals surface area contributed by atoms with E-state index in [0.717, 1.165) is 10.5 Å². The van der Waals surface area contributed by atoms with Gasteiger partial charge >= 0.3 is 0 Å². The summed E-state index contributed by atoms with van der Waals surface area (Å²) in [6, 6.07) is 4.43. The highest BCUT2D eigenvalue weighted by atomic mass is 16.2. The van der Waals surface area contributed by atoms with Crippen molar-refractivity contribution in [3.8, 4) is 0 Å². The molecule has 1 heterocycles. The first kappa shape index (κ1) is 14.6. The van der Waals surface area contributed by atoms with Gasteiger partial charge in [-0.1, -0.05) is 19.9 Å². The zero-order valence-corrected chi connectivity index (χ0v) is 12.6. The minimum Gasteiger partial charge on any atom is -0.299 e. The molecular weight excluding hydrogens is 282 g/mol. The van der Waals surface area contributed by atoms with Gasteiger partial charge < -0.3 is 0 Å². The molecule has 0 bridgehead atoms. The Bertz CT molecular complexity index is 705. The molecule has 0 spiro atoms. The van der Waals surface area contributed by atoms with Gasteiger partial charge in [0.2, 0.25) is 0 Å². The Kier molecular flexibility index (Phi) is 3.43. The van der Waals surface area contributed by atoms with Crippen molar-refractivity contribution in [3.05, 3.63) is 34.9 Å². The van der Waals surface area contributed by atoms with Crippen molar-refractivity contribution in [1.29, 1.82) is 0 Å². The summed E-state index contributed by atoms with van der Waals surface area (Å²) in [5, 5.41) is 0. The van der Waals surface area contributed by atoms with E-state index in [1.54, 1.807) is 12.1 Å². The first-order valence-corrected chi connectivity index (χ1v) is 7.46. The van der Waals surface area contributed by atoms with Crippen LogP contribution in [0.1, 0.15) is 65.3 Å². The Morgan fingerprint density at radius 2 is 1.73 bits per heavy atom. The highest BCUT2D eigenvalue weighted by Gasteiger charge is 2.44. The van der Waals surface area contributed by atoms with Crippen molar-refractivity contribution in [1.82, 2.24) is 4.90 Å². The number of benzene rings is 1. The Balaban J connectivity index is 1.96. The van der Waals surface area contributed by atoms with Crippen LogP contribution in [0, 0.1) is 0 Å². The number of carbonyl (C=O) groups excluding carboxylic acids is 4. The molecular formula is C17H17NO4. The molecule has 5 nitrogen and oxygen atoms in total. The van der Waals surface area contributed by atoms with Gasteiger partial charge in [-0.25, -0.2) is 0 Å². The number of carbonyl (C=O) groups is 4. The van der Waals surface area contributed by atoms with Crippen LogP contribution in [0.25, 0.3) is 0 Å². The molecule has 0 aromatic heterocycles. The third-order valence-electron chi connectivity index (χ3n) is 4.36. The lowest BCUT2D eigenvalue weighted by atomic mass is 9.92. The second-order valence-corrected chi connectivity index (χ2v) is 6.18. The molecule has 3 rings (SSSR count). The van der Waals surface area contributed by atoms with Crippen molar-refractivity contribution in [2.45, 2.75) is 45.1 Å². The second-order valence-electron chi connectivity index (χ2n) is 6.18. The molecule has 1 atom stereocenters. The van der Waals surface area contributed by atoms with E-state index < -0.39 is 17.9 Å². The van der Waals surface area contributed by atoms with Crippen LogP contribution < -0.4 is 0 Å². The highest BCUT2D eigenvalue weighted by molar-refractivity contribution is 6.23. The zero-order chi connectivity index (χ0) is 16.0. The van der Waals surface area contributed by atoms with Gasteiger partial charge in [0.05, 0.1) is 23.6 Å². The number of imide groups is 1. The number of amides is 2. The van der Waals surface area contributed by atoms with Crippen LogP contribution >= 0.6 is 0 Å². The normalized spacial score (nSPS) is 21.8. The van der Waals surface area contributed by atoms with Gasteiger partial charge in [0.1, 0.15) is 5.78 Å². The Labute approximate surface area is 128 Å². The van der Waals surface area contributed by atoms with Crippen molar-refractivity contribution < 1.29 is 19.2 Å². The molecule has 1 aromatic rings. The number of hydrogen-bond donors (Lipinski definition) is 0. The largest absolute Gasteiger partial charge is 0.299 e. The second kappa shape index (κ2) is 5.16. The van der Waals surface area contributed by atoms with Crippen molar-refractivity contribution >= 4 is 23.4 Å². The Morgan fingerprint density at radius 1 is 1.05 bits per heavy atom. The standard InChI is InChI=1S/C17H17NO4/c1-9(2)10-3-5-12-13(7-10)17(22)18(16(12)21)14-6-4-11(19)8-15(14)20/h3,5,7,9,14H,4,6,8H2,1-2H3. The van der Waals surface area contributed by atoms with E-state index in [1.165, 1.54) is 0 Å². The van der Waals surface area contributed by atoms with Gasteiger partial charge in [0.15, 0.2) is 5.78 Å². The minimum absolute atomic E-state index is 0.125. The summed E-state index contributed by atoms with van der Waals surface area (Å²) in [5.41, 5.74) is 1.69. The van der Waals surface area contributed by atoms with Crippen molar-refractivity contribution in [3.63, 3.8) is 0 Å². The maximum Gasteiger partial charge on any atom is 0.262 e. The van der Waals surface area contributed by atoms with Crippen molar-refractivity contribution in [2.24, 2.45) is 0 Å². The van der Waals surface area contributed by atoms with E-state index in [2.05, 4.69) is 0 Å². The molecule has 1 aromatic carbocycles. The van der Waals surface area contributed by atoms with Gasteiger partial charge in [0, 0.05) is 6.42 Å². The molecule has 1 fully saturated rings. The van der Waals surface area contributed by atoms with E-state index in [1.807, 2.05) is 19.9 Å². The summed E-state index contributed by atoms with van der Waals surface area (Å²) in [5.74, 6) is -1.07. The van der Waals surface area contributed by atoms with E-state index in [9.17, 15) is 19.2 Å². The lowest BCUT2D eigenvalue weighted by Gasteiger charge is -2.27. The number of rotatable bonds is 2. The fourth-order valence-electron chi connectivity index (χ4n) is 3.05. The maximum atomic E-state index is 12.6. The summed E-state index contributed by atoms with van der Waals surface area (Å²) < 4.78 is 0. The molecule has 2 amide bonds. The number of Topliss-reactive ketones (excluding diaryl/α,β-unsaturated/α-hetero) is 2. The summed E-state index contributed by atoms with van der Waals surface area (Å²) in [6.07, 6.45) is 0.288. The molecule has 1 saturated carbocycles. The molecule has 0 N–H and O–H groups in total. The molecule has 5 heteroatoms. The van der Waals surface area contributed by atoms with E-state index in [4.69, 9.17) is 0 Å². The predicted octanol–water partition coefficient (Wildman–Crippen LogP) is 2.10. The quantitative estimate of drug-likeness (QED) is 0.619. The predicted molar refractivity (Wildman–Crippen MR) is 78.7 cm³/mol. The average molecular weight is 299 g/mol.